The first-order valence-electron chi connectivity index (χ1n) is 5.31. The molecular formula is C12H13F2N3. The van der Waals surface area contributed by atoms with Gasteiger partial charge in [0.05, 0.1) is 12.7 Å². The Bertz CT molecular complexity index is 535. The maximum atomic E-state index is 13.1. The van der Waals surface area contributed by atoms with Gasteiger partial charge >= 0.3 is 0 Å². The van der Waals surface area contributed by atoms with Crippen molar-refractivity contribution in [2.75, 3.05) is 6.54 Å². The molecule has 0 atom stereocenters. The fraction of sp³-hybridized carbons (Fsp3) is 0.250. The molecular weight excluding hydrogens is 224 g/mol. The molecule has 90 valence electrons. The molecule has 0 fully saturated rings. The zero-order valence-electron chi connectivity index (χ0n) is 9.45. The minimum absolute atomic E-state index is 0.486. The Balaban J connectivity index is 2.42. The molecule has 0 aliphatic heterocycles. The summed E-state index contributed by atoms with van der Waals surface area (Å²) in [6, 6.07) is 3.83. The Hall–Kier alpha value is -1.75. The van der Waals surface area contributed by atoms with Crippen LogP contribution >= 0.6 is 0 Å². The Kier molecular flexibility index (Phi) is 3.19. The highest BCUT2D eigenvalue weighted by Crippen LogP contribution is 2.24. The number of benzene rings is 1. The van der Waals surface area contributed by atoms with Crippen LogP contribution in [-0.2, 0) is 6.54 Å². The number of rotatable bonds is 3. The standard InChI is InChI=1S/C12H13F2N3/c1-8-10(7-16-17(8)5-4-15)9-2-3-11(13)12(14)6-9/h2-3,6-7H,4-5,15H2,1H3. The van der Waals surface area contributed by atoms with E-state index in [1.165, 1.54) is 12.1 Å². The van der Waals surface area contributed by atoms with E-state index in [4.69, 9.17) is 5.73 Å². The second-order valence-electron chi connectivity index (χ2n) is 3.78. The number of hydrogen-bond donors (Lipinski definition) is 1. The highest BCUT2D eigenvalue weighted by Gasteiger charge is 2.10. The first-order chi connectivity index (χ1) is 8.13. The van der Waals surface area contributed by atoms with Crippen molar-refractivity contribution in [2.24, 2.45) is 5.73 Å². The molecule has 2 N–H and O–H groups in total. The Morgan fingerprint density at radius 1 is 1.29 bits per heavy atom. The van der Waals surface area contributed by atoms with E-state index in [2.05, 4.69) is 5.10 Å². The SMILES string of the molecule is Cc1c(-c2ccc(F)c(F)c2)cnn1CCN. The predicted octanol–water partition coefficient (Wildman–Crippen LogP) is 2.10. The quantitative estimate of drug-likeness (QED) is 0.888. The van der Waals surface area contributed by atoms with Crippen molar-refractivity contribution in [3.05, 3.63) is 41.7 Å². The fourth-order valence-corrected chi connectivity index (χ4v) is 1.74. The molecule has 3 nitrogen and oxygen atoms in total. The van der Waals surface area contributed by atoms with Crippen LogP contribution in [0.25, 0.3) is 11.1 Å². The van der Waals surface area contributed by atoms with Gasteiger partial charge in [0.15, 0.2) is 11.6 Å². The van der Waals surface area contributed by atoms with Gasteiger partial charge in [-0.15, -0.1) is 0 Å². The van der Waals surface area contributed by atoms with Crippen molar-refractivity contribution in [1.82, 2.24) is 9.78 Å². The van der Waals surface area contributed by atoms with E-state index in [0.717, 1.165) is 17.3 Å². The molecule has 1 heterocycles. The van der Waals surface area contributed by atoms with Gasteiger partial charge in [0.25, 0.3) is 0 Å². The topological polar surface area (TPSA) is 43.8 Å². The largest absolute Gasteiger partial charge is 0.329 e. The summed E-state index contributed by atoms with van der Waals surface area (Å²) in [6.45, 7) is 2.97. The van der Waals surface area contributed by atoms with Crippen molar-refractivity contribution in [3.8, 4) is 11.1 Å². The van der Waals surface area contributed by atoms with Crippen LogP contribution in [0.4, 0.5) is 8.78 Å². The van der Waals surface area contributed by atoms with Crippen LogP contribution < -0.4 is 5.73 Å². The average Bonchev–Trinajstić information content (AvgIpc) is 2.66. The first kappa shape index (κ1) is 11.7. The van der Waals surface area contributed by atoms with Gasteiger partial charge in [-0.25, -0.2) is 8.78 Å². The molecule has 0 saturated heterocycles. The van der Waals surface area contributed by atoms with Crippen molar-refractivity contribution < 1.29 is 8.78 Å². The first-order valence-corrected chi connectivity index (χ1v) is 5.31. The molecule has 0 unspecified atom stereocenters. The van der Waals surface area contributed by atoms with Crippen LogP contribution in [0.2, 0.25) is 0 Å². The summed E-state index contributed by atoms with van der Waals surface area (Å²) in [4.78, 5) is 0. The van der Waals surface area contributed by atoms with E-state index >= 15 is 0 Å². The molecule has 2 aromatic rings. The minimum Gasteiger partial charge on any atom is -0.329 e. The molecule has 1 aromatic carbocycles. The Morgan fingerprint density at radius 2 is 2.06 bits per heavy atom. The molecule has 0 bridgehead atoms. The van der Waals surface area contributed by atoms with E-state index in [0.29, 0.717) is 18.7 Å². The lowest BCUT2D eigenvalue weighted by Crippen LogP contribution is -2.12. The second-order valence-corrected chi connectivity index (χ2v) is 3.78. The van der Waals surface area contributed by atoms with Gasteiger partial charge in [0.1, 0.15) is 0 Å². The summed E-state index contributed by atoms with van der Waals surface area (Å²) < 4.78 is 27.7. The van der Waals surface area contributed by atoms with Crippen molar-refractivity contribution in [3.63, 3.8) is 0 Å². The van der Waals surface area contributed by atoms with E-state index in [1.54, 1.807) is 10.9 Å². The molecule has 0 saturated carbocycles. The zero-order valence-corrected chi connectivity index (χ0v) is 9.45. The maximum Gasteiger partial charge on any atom is 0.159 e. The maximum absolute atomic E-state index is 13.1. The molecule has 0 amide bonds. The van der Waals surface area contributed by atoms with Crippen molar-refractivity contribution in [1.29, 1.82) is 0 Å². The summed E-state index contributed by atoms with van der Waals surface area (Å²) in [7, 11) is 0. The molecule has 2 rings (SSSR count). The Morgan fingerprint density at radius 3 is 2.71 bits per heavy atom. The average molecular weight is 237 g/mol. The van der Waals surface area contributed by atoms with Crippen LogP contribution in [-0.4, -0.2) is 16.3 Å². The van der Waals surface area contributed by atoms with Gasteiger partial charge in [-0.2, -0.15) is 5.10 Å². The predicted molar refractivity (Wildman–Crippen MR) is 61.4 cm³/mol. The van der Waals surface area contributed by atoms with Gasteiger partial charge in [0.2, 0.25) is 0 Å². The van der Waals surface area contributed by atoms with Crippen LogP contribution in [0.1, 0.15) is 5.69 Å². The van der Waals surface area contributed by atoms with Gasteiger partial charge in [-0.1, -0.05) is 6.07 Å². The Labute approximate surface area is 97.9 Å². The normalized spacial score (nSPS) is 10.8. The molecule has 17 heavy (non-hydrogen) atoms. The smallest absolute Gasteiger partial charge is 0.159 e. The van der Waals surface area contributed by atoms with Crippen LogP contribution in [0.5, 0.6) is 0 Å². The summed E-state index contributed by atoms with van der Waals surface area (Å²) in [6.07, 6.45) is 1.64. The fourth-order valence-electron chi connectivity index (χ4n) is 1.74. The lowest BCUT2D eigenvalue weighted by atomic mass is 10.1. The molecule has 1 aromatic heterocycles. The van der Waals surface area contributed by atoms with Crippen LogP contribution in [0, 0.1) is 18.6 Å². The van der Waals surface area contributed by atoms with E-state index in [1.807, 2.05) is 6.92 Å². The van der Waals surface area contributed by atoms with E-state index < -0.39 is 11.6 Å². The number of halogens is 2. The third-order valence-corrected chi connectivity index (χ3v) is 2.67. The lowest BCUT2D eigenvalue weighted by Gasteiger charge is -2.04. The number of hydrogen-bond acceptors (Lipinski definition) is 2. The van der Waals surface area contributed by atoms with Crippen molar-refractivity contribution in [2.45, 2.75) is 13.5 Å². The van der Waals surface area contributed by atoms with Crippen LogP contribution in [0.15, 0.2) is 24.4 Å². The summed E-state index contributed by atoms with van der Waals surface area (Å²) in [5, 5.41) is 4.15. The number of nitrogens with two attached hydrogens (primary N) is 1. The van der Waals surface area contributed by atoms with E-state index in [-0.39, 0.29) is 0 Å². The lowest BCUT2D eigenvalue weighted by molar-refractivity contribution is 0.509. The molecule has 0 aliphatic rings. The highest BCUT2D eigenvalue weighted by molar-refractivity contribution is 5.65. The molecule has 0 radical (unpaired) electrons. The van der Waals surface area contributed by atoms with Gasteiger partial charge in [-0.3, -0.25) is 4.68 Å². The number of aromatic nitrogens is 2. The van der Waals surface area contributed by atoms with Gasteiger partial charge in [0, 0.05) is 17.8 Å². The minimum atomic E-state index is -0.853. The zero-order chi connectivity index (χ0) is 12.4. The van der Waals surface area contributed by atoms with E-state index in [9.17, 15) is 8.78 Å². The van der Waals surface area contributed by atoms with Gasteiger partial charge in [-0.05, 0) is 24.6 Å². The van der Waals surface area contributed by atoms with Crippen molar-refractivity contribution >= 4 is 0 Å². The summed E-state index contributed by atoms with van der Waals surface area (Å²) >= 11 is 0. The third kappa shape index (κ3) is 2.19. The molecule has 5 heteroatoms. The summed E-state index contributed by atoms with van der Waals surface area (Å²) in [5.74, 6) is -1.70. The monoisotopic (exact) mass is 237 g/mol. The highest BCUT2D eigenvalue weighted by atomic mass is 19.2. The van der Waals surface area contributed by atoms with Gasteiger partial charge < -0.3 is 5.73 Å². The third-order valence-electron chi connectivity index (χ3n) is 2.67. The summed E-state index contributed by atoms with van der Waals surface area (Å²) in [5.41, 5.74) is 7.75. The van der Waals surface area contributed by atoms with Crippen LogP contribution in [0.3, 0.4) is 0 Å². The molecule has 0 spiro atoms. The second kappa shape index (κ2) is 4.63. The number of nitrogens with zero attached hydrogens (tertiary/aromatic N) is 2. The molecule has 0 aliphatic carbocycles.